The minimum Gasteiger partial charge on any atom is -0.489 e. The summed E-state index contributed by atoms with van der Waals surface area (Å²) in [5, 5.41) is 4.56. The first kappa shape index (κ1) is 32.0. The molecule has 3 heterocycles. The highest BCUT2D eigenvalue weighted by Crippen LogP contribution is 2.48. The van der Waals surface area contributed by atoms with Crippen LogP contribution in [0.25, 0.3) is 10.9 Å². The van der Waals surface area contributed by atoms with Crippen LogP contribution in [0, 0.1) is 11.6 Å². The second kappa shape index (κ2) is 13.8. The molecule has 11 nitrogen and oxygen atoms in total. The van der Waals surface area contributed by atoms with Gasteiger partial charge in [-0.25, -0.2) is 23.5 Å². The van der Waals surface area contributed by atoms with Crippen LogP contribution in [0.3, 0.4) is 0 Å². The third kappa shape index (κ3) is 7.55. The summed E-state index contributed by atoms with van der Waals surface area (Å²) in [4.78, 5) is 23.2. The third-order valence-corrected chi connectivity index (χ3v) is 7.26. The molecule has 248 valence electrons. The molecule has 2 N–H and O–H groups in total. The minimum absolute atomic E-state index is 0.0343. The van der Waals surface area contributed by atoms with Gasteiger partial charge in [0.1, 0.15) is 30.7 Å². The van der Waals surface area contributed by atoms with E-state index in [1.165, 1.54) is 18.5 Å². The molecule has 2 aliphatic heterocycles. The molecule has 1 aromatic heterocycles. The molecular weight excluding hydrogens is 633 g/mol. The van der Waals surface area contributed by atoms with E-state index in [1.54, 1.807) is 6.07 Å². The van der Waals surface area contributed by atoms with Crippen molar-refractivity contribution in [2.24, 2.45) is 0 Å². The fourth-order valence-electron chi connectivity index (χ4n) is 5.01. The van der Waals surface area contributed by atoms with Gasteiger partial charge in [0.15, 0.2) is 23.1 Å². The maximum atomic E-state index is 15.2. The number of urea groups is 1. The van der Waals surface area contributed by atoms with Gasteiger partial charge < -0.3 is 34.3 Å². The summed E-state index contributed by atoms with van der Waals surface area (Å²) in [6.45, 7) is 4.97. The van der Waals surface area contributed by atoms with Crippen LogP contribution in [0.5, 0.6) is 28.9 Å². The lowest BCUT2D eigenvalue weighted by Crippen LogP contribution is -2.37. The largest absolute Gasteiger partial charge is 0.489 e. The topological polar surface area (TPSA) is 116 Å². The Balaban J connectivity index is 1.16. The zero-order valence-corrected chi connectivity index (χ0v) is 24.7. The average Bonchev–Trinajstić information content (AvgIpc) is 3.05. The zero-order chi connectivity index (χ0) is 33.0. The van der Waals surface area contributed by atoms with Gasteiger partial charge >= 0.3 is 12.2 Å². The van der Waals surface area contributed by atoms with Gasteiger partial charge in [0.25, 0.3) is 0 Å². The molecule has 0 aliphatic carbocycles. The Morgan fingerprint density at radius 1 is 0.894 bits per heavy atom. The maximum Gasteiger partial charge on any atom is 0.416 e. The van der Waals surface area contributed by atoms with E-state index < -0.39 is 35.1 Å². The molecule has 0 spiro atoms. The molecule has 6 rings (SSSR count). The minimum atomic E-state index is -4.74. The lowest BCUT2D eigenvalue weighted by atomic mass is 10.1. The first-order chi connectivity index (χ1) is 22.7. The summed E-state index contributed by atoms with van der Waals surface area (Å²) < 4.78 is 97.2. The number of alkyl halides is 3. The number of carbonyl (C=O) groups is 1. The predicted octanol–water partition coefficient (Wildman–Crippen LogP) is 6.24. The SMILES string of the molecule is O=C(Nc1ccc(Oc2ncnc3cc(OCCCN4CCOCC4)c4c(c23)OCCO4)c(F)c1)Nc1cc(C(F)(F)F)ccc1F. The Morgan fingerprint density at radius 3 is 2.45 bits per heavy atom. The molecule has 16 heteroatoms. The van der Waals surface area contributed by atoms with E-state index in [2.05, 4.69) is 20.2 Å². The number of hydrogen-bond donors (Lipinski definition) is 2. The van der Waals surface area contributed by atoms with Gasteiger partial charge in [-0.15, -0.1) is 0 Å². The Labute approximate surface area is 264 Å². The van der Waals surface area contributed by atoms with Crippen LogP contribution in [0.15, 0.2) is 48.8 Å². The average molecular weight is 662 g/mol. The van der Waals surface area contributed by atoms with E-state index in [1.807, 2.05) is 5.32 Å². The summed E-state index contributed by atoms with van der Waals surface area (Å²) in [5.74, 6) is -1.24. The van der Waals surface area contributed by atoms with Gasteiger partial charge in [-0.05, 0) is 36.8 Å². The van der Waals surface area contributed by atoms with Crippen LogP contribution in [0.4, 0.5) is 38.1 Å². The molecule has 0 unspecified atom stereocenters. The summed E-state index contributed by atoms with van der Waals surface area (Å²) in [7, 11) is 0. The van der Waals surface area contributed by atoms with E-state index in [9.17, 15) is 22.4 Å². The number of nitrogens with one attached hydrogen (secondary N) is 2. The summed E-state index contributed by atoms with van der Waals surface area (Å²) >= 11 is 0. The highest BCUT2D eigenvalue weighted by molar-refractivity contribution is 6.00. The van der Waals surface area contributed by atoms with Gasteiger partial charge in [0.2, 0.25) is 11.6 Å². The number of carbonyl (C=O) groups excluding carboxylic acids is 1. The van der Waals surface area contributed by atoms with Crippen molar-refractivity contribution in [3.8, 4) is 28.9 Å². The van der Waals surface area contributed by atoms with Crippen molar-refractivity contribution in [2.45, 2.75) is 12.6 Å². The summed E-state index contributed by atoms with van der Waals surface area (Å²) in [6, 6.07) is 5.55. The lowest BCUT2D eigenvalue weighted by molar-refractivity contribution is -0.137. The van der Waals surface area contributed by atoms with E-state index in [4.69, 9.17) is 23.7 Å². The number of ether oxygens (including phenoxy) is 5. The predicted molar refractivity (Wildman–Crippen MR) is 158 cm³/mol. The first-order valence-electron chi connectivity index (χ1n) is 14.6. The van der Waals surface area contributed by atoms with Crippen LogP contribution in [-0.2, 0) is 10.9 Å². The fourth-order valence-corrected chi connectivity index (χ4v) is 5.01. The molecular formula is C31H28F5N5O6. The van der Waals surface area contributed by atoms with E-state index in [0.29, 0.717) is 60.4 Å². The number of halogens is 5. The zero-order valence-electron chi connectivity index (χ0n) is 24.7. The molecule has 3 aromatic carbocycles. The number of aromatic nitrogens is 2. The van der Waals surface area contributed by atoms with Crippen molar-refractivity contribution in [2.75, 3.05) is 63.3 Å². The molecule has 4 aromatic rings. The molecule has 1 saturated heterocycles. The number of fused-ring (bicyclic) bond motifs is 3. The highest BCUT2D eigenvalue weighted by atomic mass is 19.4. The Kier molecular flexibility index (Phi) is 9.40. The van der Waals surface area contributed by atoms with Crippen LogP contribution in [0.1, 0.15) is 12.0 Å². The molecule has 0 saturated carbocycles. The maximum absolute atomic E-state index is 15.2. The number of nitrogens with zero attached hydrogens (tertiary/aromatic N) is 3. The standard InChI is InChI=1S/C31H28F5N5O6/c32-20-4-2-18(31(34,35)36)14-22(20)40-30(42)39-19-3-5-24(21(33)15-19)47-29-26-23(37-17-38-29)16-25(27-28(26)46-13-12-45-27)44-9-1-6-41-7-10-43-11-8-41/h2-5,14-17H,1,6-13H2,(H2,39,40,42). The fraction of sp³-hybridized carbons (Fsp3) is 0.323. The van der Waals surface area contributed by atoms with E-state index in [-0.39, 0.29) is 36.3 Å². The second-order valence-corrected chi connectivity index (χ2v) is 10.5. The number of rotatable bonds is 9. The van der Waals surface area contributed by atoms with Crippen LogP contribution >= 0.6 is 0 Å². The molecule has 2 aliphatic rings. The van der Waals surface area contributed by atoms with Crippen LogP contribution in [0.2, 0.25) is 0 Å². The van der Waals surface area contributed by atoms with E-state index >= 15 is 4.39 Å². The van der Waals surface area contributed by atoms with Crippen molar-refractivity contribution < 1.29 is 50.4 Å². The van der Waals surface area contributed by atoms with Gasteiger partial charge in [-0.2, -0.15) is 13.2 Å². The molecule has 0 bridgehead atoms. The van der Waals surface area contributed by atoms with Gasteiger partial charge in [-0.3, -0.25) is 4.90 Å². The molecule has 0 atom stereocenters. The number of hydrogen-bond acceptors (Lipinski definition) is 9. The summed E-state index contributed by atoms with van der Waals surface area (Å²) in [5.41, 5.74) is -1.54. The van der Waals surface area contributed by atoms with Crippen LogP contribution in [-0.4, -0.2) is 73.6 Å². The Hall–Kier alpha value is -4.96. The van der Waals surface area contributed by atoms with Crippen molar-refractivity contribution >= 4 is 28.3 Å². The van der Waals surface area contributed by atoms with Gasteiger partial charge in [0.05, 0.1) is 36.6 Å². The van der Waals surface area contributed by atoms with Gasteiger partial charge in [-0.1, -0.05) is 0 Å². The number of amides is 2. The normalized spacial score (nSPS) is 14.9. The molecule has 47 heavy (non-hydrogen) atoms. The smallest absolute Gasteiger partial charge is 0.416 e. The van der Waals surface area contributed by atoms with Crippen molar-refractivity contribution in [1.82, 2.24) is 14.9 Å². The molecule has 2 amide bonds. The number of anilines is 2. The Bertz CT molecular complexity index is 1770. The number of morpholine rings is 1. The molecule has 1 fully saturated rings. The highest BCUT2D eigenvalue weighted by Gasteiger charge is 2.31. The Morgan fingerprint density at radius 2 is 1.68 bits per heavy atom. The monoisotopic (exact) mass is 661 g/mol. The summed E-state index contributed by atoms with van der Waals surface area (Å²) in [6.07, 6.45) is -2.73. The van der Waals surface area contributed by atoms with Crippen molar-refractivity contribution in [3.63, 3.8) is 0 Å². The van der Waals surface area contributed by atoms with E-state index in [0.717, 1.165) is 32.1 Å². The molecule has 0 radical (unpaired) electrons. The third-order valence-electron chi connectivity index (χ3n) is 7.26. The van der Waals surface area contributed by atoms with Gasteiger partial charge in [0, 0.05) is 37.5 Å². The van der Waals surface area contributed by atoms with Crippen molar-refractivity contribution in [1.29, 1.82) is 0 Å². The second-order valence-electron chi connectivity index (χ2n) is 10.5. The van der Waals surface area contributed by atoms with Crippen LogP contribution < -0.4 is 29.6 Å². The quantitative estimate of drug-likeness (QED) is 0.159. The number of benzene rings is 3. The lowest BCUT2D eigenvalue weighted by Gasteiger charge is -2.26. The van der Waals surface area contributed by atoms with Crippen molar-refractivity contribution in [3.05, 3.63) is 66.0 Å². The first-order valence-corrected chi connectivity index (χ1v) is 14.6.